The van der Waals surface area contributed by atoms with Crippen molar-refractivity contribution in [1.82, 2.24) is 10.2 Å². The number of rotatable bonds is 6. The van der Waals surface area contributed by atoms with Gasteiger partial charge in [0.05, 0.1) is 0 Å². The number of nitrogens with zero attached hydrogens (tertiary/aromatic N) is 2. The van der Waals surface area contributed by atoms with Crippen LogP contribution in [-0.2, 0) is 4.79 Å². The number of piperazine rings is 1. The van der Waals surface area contributed by atoms with E-state index in [1.807, 2.05) is 0 Å². The number of nitrogens with two attached hydrogens (primary N) is 1. The predicted molar refractivity (Wildman–Crippen MR) is 103 cm³/mol. The zero-order valence-electron chi connectivity index (χ0n) is 15.2. The number of hydrogen-bond donors (Lipinski definition) is 2. The molecule has 5 heteroatoms. The van der Waals surface area contributed by atoms with Crippen molar-refractivity contribution in [2.45, 2.75) is 38.1 Å². The van der Waals surface area contributed by atoms with E-state index in [1.165, 1.54) is 5.69 Å². The minimum absolute atomic E-state index is 0.137. The largest absolute Gasteiger partial charge is 0.369 e. The maximum absolute atomic E-state index is 12.2. The van der Waals surface area contributed by atoms with E-state index < -0.39 is 0 Å². The first-order valence-electron chi connectivity index (χ1n) is 9.78. The van der Waals surface area contributed by atoms with Gasteiger partial charge >= 0.3 is 0 Å². The summed E-state index contributed by atoms with van der Waals surface area (Å²) in [7, 11) is 0. The third-order valence-corrected chi connectivity index (χ3v) is 5.53. The van der Waals surface area contributed by atoms with Crippen molar-refractivity contribution in [3.63, 3.8) is 0 Å². The maximum Gasteiger partial charge on any atom is 0.223 e. The Hall–Kier alpha value is -1.59. The van der Waals surface area contributed by atoms with Crippen LogP contribution in [0.5, 0.6) is 0 Å². The molecule has 0 radical (unpaired) electrons. The molecule has 25 heavy (non-hydrogen) atoms. The summed E-state index contributed by atoms with van der Waals surface area (Å²) < 4.78 is 0. The second-order valence-electron chi connectivity index (χ2n) is 7.43. The topological polar surface area (TPSA) is 61.6 Å². The fraction of sp³-hybridized carbons (Fsp3) is 0.650. The summed E-state index contributed by atoms with van der Waals surface area (Å²) in [5.41, 5.74) is 7.30. The molecule has 1 aromatic rings. The lowest BCUT2D eigenvalue weighted by Crippen LogP contribution is -2.47. The molecule has 1 heterocycles. The first-order valence-corrected chi connectivity index (χ1v) is 9.78. The second-order valence-corrected chi connectivity index (χ2v) is 7.43. The summed E-state index contributed by atoms with van der Waals surface area (Å²) >= 11 is 0. The fourth-order valence-corrected chi connectivity index (χ4v) is 3.99. The van der Waals surface area contributed by atoms with Crippen molar-refractivity contribution in [2.24, 2.45) is 11.7 Å². The van der Waals surface area contributed by atoms with E-state index in [1.54, 1.807) is 0 Å². The van der Waals surface area contributed by atoms with Crippen molar-refractivity contribution in [3.8, 4) is 0 Å². The molecular weight excluding hydrogens is 312 g/mol. The van der Waals surface area contributed by atoms with Crippen molar-refractivity contribution in [1.29, 1.82) is 0 Å². The van der Waals surface area contributed by atoms with Crippen LogP contribution in [0.15, 0.2) is 30.3 Å². The SMILES string of the molecule is NC1CCCC(C(=O)NCCCN2CCN(c3ccccc3)CC2)C1. The van der Waals surface area contributed by atoms with Crippen LogP contribution in [0.3, 0.4) is 0 Å². The number of anilines is 1. The van der Waals surface area contributed by atoms with Crippen LogP contribution in [0.25, 0.3) is 0 Å². The molecule has 0 aromatic heterocycles. The molecule has 5 nitrogen and oxygen atoms in total. The summed E-state index contributed by atoms with van der Waals surface area (Å²) in [5.74, 6) is 0.349. The van der Waals surface area contributed by atoms with Gasteiger partial charge in [-0.15, -0.1) is 0 Å². The third kappa shape index (κ3) is 5.44. The highest BCUT2D eigenvalue weighted by molar-refractivity contribution is 5.78. The summed E-state index contributed by atoms with van der Waals surface area (Å²) in [6.07, 6.45) is 5.04. The van der Waals surface area contributed by atoms with Gasteiger partial charge in [0, 0.05) is 50.4 Å². The summed E-state index contributed by atoms with van der Waals surface area (Å²) in [4.78, 5) is 17.2. The Morgan fingerprint density at radius 2 is 1.88 bits per heavy atom. The van der Waals surface area contributed by atoms with Gasteiger partial charge in [-0.25, -0.2) is 0 Å². The summed E-state index contributed by atoms with van der Waals surface area (Å²) in [6, 6.07) is 10.8. The Labute approximate surface area is 151 Å². The number of carbonyl (C=O) groups excluding carboxylic acids is 1. The minimum Gasteiger partial charge on any atom is -0.369 e. The molecule has 1 aliphatic carbocycles. The van der Waals surface area contributed by atoms with E-state index in [4.69, 9.17) is 5.73 Å². The molecule has 1 saturated heterocycles. The van der Waals surface area contributed by atoms with Crippen molar-refractivity contribution >= 4 is 11.6 Å². The molecule has 2 aliphatic rings. The van der Waals surface area contributed by atoms with Gasteiger partial charge in [0.15, 0.2) is 0 Å². The van der Waals surface area contributed by atoms with Gasteiger partial charge in [0.25, 0.3) is 0 Å². The van der Waals surface area contributed by atoms with E-state index in [0.29, 0.717) is 0 Å². The summed E-state index contributed by atoms with van der Waals surface area (Å²) in [6.45, 7) is 6.20. The Kier molecular flexibility index (Phi) is 6.70. The Bertz CT molecular complexity index is 528. The van der Waals surface area contributed by atoms with Gasteiger partial charge in [-0.2, -0.15) is 0 Å². The molecule has 1 aliphatic heterocycles. The lowest BCUT2D eigenvalue weighted by Gasteiger charge is -2.36. The highest BCUT2D eigenvalue weighted by Crippen LogP contribution is 2.23. The predicted octanol–water partition coefficient (Wildman–Crippen LogP) is 1.83. The van der Waals surface area contributed by atoms with E-state index in [0.717, 1.165) is 71.4 Å². The van der Waals surface area contributed by atoms with E-state index in [9.17, 15) is 4.79 Å². The molecule has 1 aromatic carbocycles. The number of benzene rings is 1. The van der Waals surface area contributed by atoms with Crippen LogP contribution in [0.1, 0.15) is 32.1 Å². The number of hydrogen-bond acceptors (Lipinski definition) is 4. The fourth-order valence-electron chi connectivity index (χ4n) is 3.99. The smallest absolute Gasteiger partial charge is 0.223 e. The van der Waals surface area contributed by atoms with Crippen LogP contribution in [0.4, 0.5) is 5.69 Å². The quantitative estimate of drug-likeness (QED) is 0.773. The van der Waals surface area contributed by atoms with Gasteiger partial charge in [0.1, 0.15) is 0 Å². The van der Waals surface area contributed by atoms with Crippen LogP contribution >= 0.6 is 0 Å². The molecule has 2 atom stereocenters. The minimum atomic E-state index is 0.137. The van der Waals surface area contributed by atoms with Crippen LogP contribution in [0.2, 0.25) is 0 Å². The zero-order chi connectivity index (χ0) is 17.5. The van der Waals surface area contributed by atoms with Gasteiger partial charge in [0.2, 0.25) is 5.91 Å². The standard InChI is InChI=1S/C20H32N4O/c21-18-7-4-6-17(16-18)20(25)22-10-5-11-23-12-14-24(15-13-23)19-8-2-1-3-9-19/h1-3,8-9,17-18H,4-7,10-16,21H2,(H,22,25). The lowest BCUT2D eigenvalue weighted by atomic mass is 9.85. The van der Waals surface area contributed by atoms with Crippen molar-refractivity contribution in [3.05, 3.63) is 30.3 Å². The van der Waals surface area contributed by atoms with E-state index in [2.05, 4.69) is 45.4 Å². The first kappa shape index (κ1) is 18.2. The zero-order valence-corrected chi connectivity index (χ0v) is 15.2. The van der Waals surface area contributed by atoms with Crippen LogP contribution in [0, 0.1) is 5.92 Å². The lowest BCUT2D eigenvalue weighted by molar-refractivity contribution is -0.126. The molecule has 0 spiro atoms. The molecule has 0 bridgehead atoms. The molecule has 2 unspecified atom stereocenters. The summed E-state index contributed by atoms with van der Waals surface area (Å²) in [5, 5.41) is 3.12. The highest BCUT2D eigenvalue weighted by atomic mass is 16.1. The van der Waals surface area contributed by atoms with Gasteiger partial charge < -0.3 is 16.0 Å². The van der Waals surface area contributed by atoms with E-state index in [-0.39, 0.29) is 17.9 Å². The molecule has 2 fully saturated rings. The number of amides is 1. The maximum atomic E-state index is 12.2. The van der Waals surface area contributed by atoms with Crippen molar-refractivity contribution in [2.75, 3.05) is 44.2 Å². The number of para-hydroxylation sites is 1. The molecule has 3 rings (SSSR count). The molecular formula is C20H32N4O. The van der Waals surface area contributed by atoms with Gasteiger partial charge in [-0.05, 0) is 44.4 Å². The van der Waals surface area contributed by atoms with Gasteiger partial charge in [-0.1, -0.05) is 24.6 Å². The molecule has 1 saturated carbocycles. The van der Waals surface area contributed by atoms with E-state index >= 15 is 0 Å². The Morgan fingerprint density at radius 3 is 2.60 bits per heavy atom. The monoisotopic (exact) mass is 344 g/mol. The first-order chi connectivity index (χ1) is 12.2. The second kappa shape index (κ2) is 9.20. The number of nitrogens with one attached hydrogen (secondary N) is 1. The van der Waals surface area contributed by atoms with Crippen LogP contribution < -0.4 is 16.0 Å². The van der Waals surface area contributed by atoms with Gasteiger partial charge in [-0.3, -0.25) is 9.69 Å². The Balaban J connectivity index is 1.29. The normalized spacial score (nSPS) is 24.9. The van der Waals surface area contributed by atoms with Crippen molar-refractivity contribution < 1.29 is 4.79 Å². The third-order valence-electron chi connectivity index (χ3n) is 5.53. The average molecular weight is 345 g/mol. The Morgan fingerprint density at radius 1 is 1.12 bits per heavy atom. The molecule has 1 amide bonds. The van der Waals surface area contributed by atoms with Crippen LogP contribution in [-0.4, -0.2) is 56.1 Å². The average Bonchev–Trinajstić information content (AvgIpc) is 2.66. The number of carbonyl (C=O) groups is 1. The molecule has 138 valence electrons. The highest BCUT2D eigenvalue weighted by Gasteiger charge is 2.25. The molecule has 3 N–H and O–H groups in total.